The molecule has 0 aliphatic carbocycles. The Hall–Kier alpha value is -2.12. The second kappa shape index (κ2) is 7.94. The van der Waals surface area contributed by atoms with Gasteiger partial charge in [-0.1, -0.05) is 6.07 Å². The van der Waals surface area contributed by atoms with Crippen molar-refractivity contribution >= 4 is 45.1 Å². The van der Waals surface area contributed by atoms with Crippen LogP contribution in [-0.4, -0.2) is 30.6 Å². The SMILES string of the molecule is COc1cc(/C=C/C(=O)OCC(=O)c2cccs2)cc(Br)c1O. The molecule has 0 amide bonds. The van der Waals surface area contributed by atoms with E-state index in [9.17, 15) is 14.7 Å². The van der Waals surface area contributed by atoms with Crippen LogP contribution in [0.1, 0.15) is 15.2 Å². The summed E-state index contributed by atoms with van der Waals surface area (Å²) in [6.45, 7) is -0.299. The van der Waals surface area contributed by atoms with Gasteiger partial charge in [-0.3, -0.25) is 4.79 Å². The van der Waals surface area contributed by atoms with E-state index in [0.717, 1.165) is 0 Å². The molecule has 1 aromatic carbocycles. The standard InChI is InChI=1S/C16H13BrO5S/c1-21-13-8-10(7-11(17)16(13)20)4-5-15(19)22-9-12(18)14-3-2-6-23-14/h2-8,20H,9H2,1H3/b5-4+. The molecule has 2 aromatic rings. The van der Waals surface area contributed by atoms with E-state index in [4.69, 9.17) is 9.47 Å². The number of halogens is 1. The molecule has 0 bridgehead atoms. The molecule has 5 nitrogen and oxygen atoms in total. The molecule has 1 N–H and O–H groups in total. The number of aromatic hydroxyl groups is 1. The summed E-state index contributed by atoms with van der Waals surface area (Å²) in [5.41, 5.74) is 0.632. The highest BCUT2D eigenvalue weighted by molar-refractivity contribution is 9.10. The number of methoxy groups -OCH3 is 1. The van der Waals surface area contributed by atoms with Gasteiger partial charge in [0.15, 0.2) is 18.1 Å². The molecule has 0 saturated carbocycles. The predicted octanol–water partition coefficient (Wildman–Crippen LogP) is 3.66. The first-order valence-corrected chi connectivity index (χ1v) is 8.16. The van der Waals surface area contributed by atoms with Crippen molar-refractivity contribution in [2.75, 3.05) is 13.7 Å². The number of thiophene rings is 1. The van der Waals surface area contributed by atoms with Crippen molar-refractivity contribution in [2.24, 2.45) is 0 Å². The number of phenolic OH excluding ortho intramolecular Hbond substituents is 1. The quantitative estimate of drug-likeness (QED) is 0.458. The normalized spacial score (nSPS) is 10.7. The van der Waals surface area contributed by atoms with Crippen LogP contribution < -0.4 is 4.74 Å². The van der Waals surface area contributed by atoms with Crippen molar-refractivity contribution in [2.45, 2.75) is 0 Å². The molecule has 1 aromatic heterocycles. The van der Waals surface area contributed by atoms with E-state index in [1.54, 1.807) is 29.6 Å². The number of ether oxygens (including phenoxy) is 2. The molecule has 23 heavy (non-hydrogen) atoms. The number of hydrogen-bond donors (Lipinski definition) is 1. The third-order valence-corrected chi connectivity index (χ3v) is 4.34. The molecule has 7 heteroatoms. The Bertz CT molecular complexity index is 737. The average molecular weight is 397 g/mol. The van der Waals surface area contributed by atoms with Gasteiger partial charge in [0.2, 0.25) is 5.78 Å². The number of esters is 1. The number of carbonyl (C=O) groups is 2. The summed E-state index contributed by atoms with van der Waals surface area (Å²) >= 11 is 4.49. The van der Waals surface area contributed by atoms with Crippen molar-refractivity contribution in [1.82, 2.24) is 0 Å². The number of Topliss-reactive ketones (excluding diaryl/α,β-unsaturated/α-hetero) is 1. The van der Waals surface area contributed by atoms with Crippen LogP contribution in [0.25, 0.3) is 6.08 Å². The van der Waals surface area contributed by atoms with Crippen molar-refractivity contribution in [1.29, 1.82) is 0 Å². The van der Waals surface area contributed by atoms with Gasteiger partial charge in [-0.15, -0.1) is 11.3 Å². The molecule has 0 radical (unpaired) electrons. The van der Waals surface area contributed by atoms with Crippen LogP contribution in [0, 0.1) is 0 Å². The number of rotatable bonds is 6. The molecule has 0 spiro atoms. The Morgan fingerprint density at radius 1 is 1.39 bits per heavy atom. The van der Waals surface area contributed by atoms with Gasteiger partial charge in [0, 0.05) is 6.08 Å². The van der Waals surface area contributed by atoms with Gasteiger partial charge in [0.25, 0.3) is 0 Å². The number of phenols is 1. The van der Waals surface area contributed by atoms with Crippen LogP contribution in [0.3, 0.4) is 0 Å². The maximum absolute atomic E-state index is 11.7. The van der Waals surface area contributed by atoms with Crippen LogP contribution >= 0.6 is 27.3 Å². The molecule has 0 fully saturated rings. The Balaban J connectivity index is 1.96. The zero-order chi connectivity index (χ0) is 16.8. The van der Waals surface area contributed by atoms with Crippen molar-refractivity contribution < 1.29 is 24.2 Å². The Morgan fingerprint density at radius 2 is 2.17 bits per heavy atom. The number of ketones is 1. The highest BCUT2D eigenvalue weighted by Crippen LogP contribution is 2.35. The lowest BCUT2D eigenvalue weighted by atomic mass is 10.2. The third-order valence-electron chi connectivity index (χ3n) is 2.82. The van der Waals surface area contributed by atoms with Gasteiger partial charge in [-0.25, -0.2) is 4.79 Å². The largest absolute Gasteiger partial charge is 0.503 e. The fourth-order valence-corrected chi connectivity index (χ4v) is 2.81. The molecular formula is C16H13BrO5S. The number of benzene rings is 1. The first-order valence-electron chi connectivity index (χ1n) is 6.49. The summed E-state index contributed by atoms with van der Waals surface area (Å²) in [6.07, 6.45) is 2.71. The molecule has 0 aliphatic heterocycles. The molecule has 120 valence electrons. The third kappa shape index (κ3) is 4.67. The van der Waals surface area contributed by atoms with E-state index in [1.165, 1.54) is 30.6 Å². The topological polar surface area (TPSA) is 72.8 Å². The fraction of sp³-hybridized carbons (Fsp3) is 0.125. The first kappa shape index (κ1) is 17.2. The van der Waals surface area contributed by atoms with E-state index < -0.39 is 5.97 Å². The van der Waals surface area contributed by atoms with Crippen LogP contribution in [0.5, 0.6) is 11.5 Å². The lowest BCUT2D eigenvalue weighted by Gasteiger charge is -2.06. The summed E-state index contributed by atoms with van der Waals surface area (Å²) < 4.78 is 10.4. The number of carbonyl (C=O) groups excluding carboxylic acids is 2. The minimum absolute atomic E-state index is 0.0197. The Kier molecular flexibility index (Phi) is 5.95. The Morgan fingerprint density at radius 3 is 2.83 bits per heavy atom. The predicted molar refractivity (Wildman–Crippen MR) is 91.0 cm³/mol. The van der Waals surface area contributed by atoms with E-state index in [0.29, 0.717) is 14.9 Å². The molecular weight excluding hydrogens is 384 g/mol. The molecule has 1 heterocycles. The maximum atomic E-state index is 11.7. The average Bonchev–Trinajstić information content (AvgIpc) is 3.08. The van der Waals surface area contributed by atoms with Gasteiger partial charge in [-0.2, -0.15) is 0 Å². The Labute approximate surface area is 145 Å². The first-order chi connectivity index (χ1) is 11.0. The van der Waals surface area contributed by atoms with E-state index in [1.807, 2.05) is 0 Å². The summed E-state index contributed by atoms with van der Waals surface area (Å²) in [5, 5.41) is 11.5. The summed E-state index contributed by atoms with van der Waals surface area (Å²) in [4.78, 5) is 23.9. The van der Waals surface area contributed by atoms with E-state index in [2.05, 4.69) is 15.9 Å². The van der Waals surface area contributed by atoms with Crippen LogP contribution in [0.15, 0.2) is 40.2 Å². The van der Waals surface area contributed by atoms with Crippen LogP contribution in [0.4, 0.5) is 0 Å². The lowest BCUT2D eigenvalue weighted by molar-refractivity contribution is -0.136. The monoisotopic (exact) mass is 396 g/mol. The van der Waals surface area contributed by atoms with Gasteiger partial charge in [-0.05, 0) is 51.1 Å². The van der Waals surface area contributed by atoms with Crippen LogP contribution in [0.2, 0.25) is 0 Å². The molecule has 2 rings (SSSR count). The molecule has 0 aliphatic rings. The minimum Gasteiger partial charge on any atom is -0.503 e. The van der Waals surface area contributed by atoms with E-state index in [-0.39, 0.29) is 23.9 Å². The van der Waals surface area contributed by atoms with Gasteiger partial charge in [0.05, 0.1) is 16.5 Å². The summed E-state index contributed by atoms with van der Waals surface area (Å²) in [6, 6.07) is 6.63. The van der Waals surface area contributed by atoms with E-state index >= 15 is 0 Å². The zero-order valence-corrected chi connectivity index (χ0v) is 14.5. The van der Waals surface area contributed by atoms with Crippen LogP contribution in [-0.2, 0) is 9.53 Å². The van der Waals surface area contributed by atoms with Gasteiger partial charge in [0.1, 0.15) is 0 Å². The summed E-state index contributed by atoms with van der Waals surface area (Å²) in [5.74, 6) is -0.608. The minimum atomic E-state index is -0.627. The second-order valence-electron chi connectivity index (χ2n) is 4.40. The molecule has 0 atom stereocenters. The second-order valence-corrected chi connectivity index (χ2v) is 6.20. The highest BCUT2D eigenvalue weighted by Gasteiger charge is 2.10. The van der Waals surface area contributed by atoms with Crippen molar-refractivity contribution in [3.8, 4) is 11.5 Å². The molecule has 0 saturated heterocycles. The lowest BCUT2D eigenvalue weighted by Crippen LogP contribution is -2.11. The number of hydrogen-bond acceptors (Lipinski definition) is 6. The summed E-state index contributed by atoms with van der Waals surface area (Å²) in [7, 11) is 1.43. The van der Waals surface area contributed by atoms with Crippen molar-refractivity contribution in [3.05, 3.63) is 50.6 Å². The molecule has 0 unspecified atom stereocenters. The zero-order valence-electron chi connectivity index (χ0n) is 12.1. The fourth-order valence-electron chi connectivity index (χ4n) is 1.70. The van der Waals surface area contributed by atoms with Gasteiger partial charge < -0.3 is 14.6 Å². The van der Waals surface area contributed by atoms with Gasteiger partial charge >= 0.3 is 5.97 Å². The van der Waals surface area contributed by atoms with Crippen molar-refractivity contribution in [3.63, 3.8) is 0 Å². The maximum Gasteiger partial charge on any atom is 0.331 e. The highest BCUT2D eigenvalue weighted by atomic mass is 79.9. The smallest absolute Gasteiger partial charge is 0.331 e.